The molecule has 3 rings (SSSR count). The molecule has 0 aliphatic carbocycles. The number of nitrogens with one attached hydrogen (secondary N) is 2. The van der Waals surface area contributed by atoms with E-state index < -0.39 is 10.0 Å². The van der Waals surface area contributed by atoms with E-state index in [0.717, 1.165) is 32.5 Å². The van der Waals surface area contributed by atoms with Gasteiger partial charge in [-0.3, -0.25) is 9.69 Å². The summed E-state index contributed by atoms with van der Waals surface area (Å²) >= 11 is 1.72. The summed E-state index contributed by atoms with van der Waals surface area (Å²) in [4.78, 5) is 14.4. The fourth-order valence-electron chi connectivity index (χ4n) is 3.30. The Labute approximate surface area is 177 Å². The molecule has 1 amide bonds. The van der Waals surface area contributed by atoms with Crippen LogP contribution in [0, 0.1) is 11.8 Å². The number of likely N-dealkylation sites (tertiary alicyclic amines) is 1. The average molecular weight is 436 g/mol. The molecule has 1 aromatic heterocycles. The summed E-state index contributed by atoms with van der Waals surface area (Å²) in [5.41, 5.74) is 1.95. The van der Waals surface area contributed by atoms with Crippen molar-refractivity contribution in [1.29, 1.82) is 0 Å². The molecule has 2 aromatic rings. The Morgan fingerprint density at radius 1 is 1.17 bits per heavy atom. The van der Waals surface area contributed by atoms with Crippen molar-refractivity contribution in [1.82, 2.24) is 9.62 Å². The topological polar surface area (TPSA) is 78.5 Å². The summed E-state index contributed by atoms with van der Waals surface area (Å²) in [6.07, 6.45) is 1.99. The van der Waals surface area contributed by atoms with E-state index in [1.807, 2.05) is 13.8 Å². The molecule has 0 bridgehead atoms. The van der Waals surface area contributed by atoms with E-state index in [1.54, 1.807) is 23.5 Å². The predicted octanol–water partition coefficient (Wildman–Crippen LogP) is 3.53. The zero-order chi connectivity index (χ0) is 20.9. The number of thiophene rings is 1. The molecule has 6 nitrogen and oxygen atoms in total. The van der Waals surface area contributed by atoms with E-state index >= 15 is 0 Å². The molecule has 0 unspecified atom stereocenters. The number of hydrogen-bond acceptors (Lipinski definition) is 5. The van der Waals surface area contributed by atoms with Gasteiger partial charge in [0.05, 0.1) is 4.90 Å². The average Bonchev–Trinajstić information content (AvgIpc) is 3.21. The molecule has 0 atom stereocenters. The van der Waals surface area contributed by atoms with Gasteiger partial charge in [-0.25, -0.2) is 13.1 Å². The van der Waals surface area contributed by atoms with Crippen molar-refractivity contribution in [2.24, 2.45) is 11.8 Å². The minimum absolute atomic E-state index is 0.0935. The second-order valence-corrected chi connectivity index (χ2v) is 10.4. The lowest BCUT2D eigenvalue weighted by atomic mass is 9.97. The van der Waals surface area contributed by atoms with Crippen LogP contribution in [0.1, 0.15) is 32.3 Å². The molecule has 1 fully saturated rings. The van der Waals surface area contributed by atoms with Gasteiger partial charge in [0.25, 0.3) is 0 Å². The van der Waals surface area contributed by atoms with E-state index in [1.165, 1.54) is 17.7 Å². The lowest BCUT2D eigenvalue weighted by Crippen LogP contribution is -2.38. The molecule has 2 heterocycles. The lowest BCUT2D eigenvalue weighted by molar-refractivity contribution is -0.118. The number of benzene rings is 1. The van der Waals surface area contributed by atoms with Crippen molar-refractivity contribution >= 4 is 33.0 Å². The maximum atomic E-state index is 12.6. The number of anilines is 1. The first-order valence-corrected chi connectivity index (χ1v) is 12.4. The van der Waals surface area contributed by atoms with Crippen LogP contribution in [0.15, 0.2) is 46.0 Å². The molecule has 0 spiro atoms. The van der Waals surface area contributed by atoms with Gasteiger partial charge < -0.3 is 5.32 Å². The minimum atomic E-state index is -3.55. The van der Waals surface area contributed by atoms with Crippen LogP contribution >= 0.6 is 11.3 Å². The molecule has 1 aromatic carbocycles. The highest BCUT2D eigenvalue weighted by molar-refractivity contribution is 7.89. The normalized spacial score (nSPS) is 16.2. The molecule has 1 saturated heterocycles. The molecular formula is C21H29N3O3S2. The molecule has 0 saturated carbocycles. The van der Waals surface area contributed by atoms with Gasteiger partial charge in [0.2, 0.25) is 15.9 Å². The zero-order valence-corrected chi connectivity index (χ0v) is 18.6. The fourth-order valence-corrected chi connectivity index (χ4v) is 5.08. The summed E-state index contributed by atoms with van der Waals surface area (Å²) in [7, 11) is -3.55. The third kappa shape index (κ3) is 6.37. The second-order valence-electron chi connectivity index (χ2n) is 7.87. The number of rotatable bonds is 8. The Balaban J connectivity index is 1.47. The van der Waals surface area contributed by atoms with Crippen molar-refractivity contribution in [3.05, 3.63) is 46.7 Å². The highest BCUT2D eigenvalue weighted by Crippen LogP contribution is 2.20. The Hall–Kier alpha value is -1.74. The molecule has 8 heteroatoms. The van der Waals surface area contributed by atoms with Crippen molar-refractivity contribution in [2.75, 3.05) is 25.0 Å². The number of piperidine rings is 1. The SMILES string of the molecule is CC(C)C(=O)Nc1ccc(S(=O)(=O)NCC2CCN(Cc3ccsc3)CC2)cc1. The highest BCUT2D eigenvalue weighted by Gasteiger charge is 2.22. The van der Waals surface area contributed by atoms with Crippen LogP contribution in [-0.2, 0) is 21.4 Å². The van der Waals surface area contributed by atoms with E-state index in [2.05, 4.69) is 31.8 Å². The summed E-state index contributed by atoms with van der Waals surface area (Å²) in [6.45, 7) is 7.04. The molecule has 158 valence electrons. The van der Waals surface area contributed by atoms with Crippen LogP contribution in [0.3, 0.4) is 0 Å². The quantitative estimate of drug-likeness (QED) is 0.665. The third-order valence-electron chi connectivity index (χ3n) is 5.21. The van der Waals surface area contributed by atoms with Gasteiger partial charge in [-0.15, -0.1) is 0 Å². The van der Waals surface area contributed by atoms with Crippen molar-refractivity contribution in [2.45, 2.75) is 38.1 Å². The summed E-state index contributed by atoms with van der Waals surface area (Å²) in [6, 6.07) is 8.46. The Bertz CT molecular complexity index is 886. The Morgan fingerprint density at radius 3 is 2.45 bits per heavy atom. The van der Waals surface area contributed by atoms with Crippen LogP contribution in [0.2, 0.25) is 0 Å². The lowest BCUT2D eigenvalue weighted by Gasteiger charge is -2.31. The van der Waals surface area contributed by atoms with Crippen LogP contribution in [0.25, 0.3) is 0 Å². The molecular weight excluding hydrogens is 406 g/mol. The van der Waals surface area contributed by atoms with Crippen LogP contribution in [-0.4, -0.2) is 38.9 Å². The first-order valence-electron chi connectivity index (χ1n) is 9.97. The van der Waals surface area contributed by atoms with Crippen molar-refractivity contribution in [3.63, 3.8) is 0 Å². The maximum Gasteiger partial charge on any atom is 0.240 e. The number of carbonyl (C=O) groups is 1. The van der Waals surface area contributed by atoms with Gasteiger partial charge in [0.15, 0.2) is 0 Å². The van der Waals surface area contributed by atoms with Crippen LogP contribution in [0.5, 0.6) is 0 Å². The Morgan fingerprint density at radius 2 is 1.86 bits per heavy atom. The molecule has 29 heavy (non-hydrogen) atoms. The molecule has 2 N–H and O–H groups in total. The summed E-state index contributed by atoms with van der Waals surface area (Å²) in [5, 5.41) is 7.04. The van der Waals surface area contributed by atoms with E-state index in [-0.39, 0.29) is 16.7 Å². The number of sulfonamides is 1. The number of amides is 1. The number of nitrogens with zero attached hydrogens (tertiary/aromatic N) is 1. The van der Waals surface area contributed by atoms with E-state index in [0.29, 0.717) is 18.2 Å². The first kappa shape index (κ1) is 22.0. The number of carbonyl (C=O) groups excluding carboxylic acids is 1. The molecule has 1 aliphatic rings. The second kappa shape index (κ2) is 9.84. The van der Waals surface area contributed by atoms with Gasteiger partial charge in [-0.05, 0) is 78.5 Å². The molecule has 1 aliphatic heterocycles. The van der Waals surface area contributed by atoms with Gasteiger partial charge in [0, 0.05) is 24.7 Å². The first-order chi connectivity index (χ1) is 13.8. The van der Waals surface area contributed by atoms with Crippen molar-refractivity contribution in [3.8, 4) is 0 Å². The monoisotopic (exact) mass is 435 g/mol. The highest BCUT2D eigenvalue weighted by atomic mass is 32.2. The van der Waals surface area contributed by atoms with Crippen LogP contribution in [0.4, 0.5) is 5.69 Å². The number of hydrogen-bond donors (Lipinski definition) is 2. The van der Waals surface area contributed by atoms with Gasteiger partial charge >= 0.3 is 0 Å². The standard InChI is InChI=1S/C21H29N3O3S2/c1-16(2)21(25)23-19-3-5-20(6-4-19)29(26,27)22-13-17-7-10-24(11-8-17)14-18-9-12-28-15-18/h3-6,9,12,15-17,22H,7-8,10-11,13-14H2,1-2H3,(H,23,25). The van der Waals surface area contributed by atoms with E-state index in [4.69, 9.17) is 0 Å². The fraction of sp³-hybridized carbons (Fsp3) is 0.476. The summed E-state index contributed by atoms with van der Waals surface area (Å²) in [5.74, 6) is 0.133. The maximum absolute atomic E-state index is 12.6. The van der Waals surface area contributed by atoms with Crippen LogP contribution < -0.4 is 10.0 Å². The van der Waals surface area contributed by atoms with Gasteiger partial charge in [-0.1, -0.05) is 13.8 Å². The van der Waals surface area contributed by atoms with Gasteiger partial charge in [-0.2, -0.15) is 11.3 Å². The van der Waals surface area contributed by atoms with Gasteiger partial charge in [0.1, 0.15) is 0 Å². The smallest absolute Gasteiger partial charge is 0.240 e. The van der Waals surface area contributed by atoms with E-state index in [9.17, 15) is 13.2 Å². The predicted molar refractivity (Wildman–Crippen MR) is 117 cm³/mol. The zero-order valence-electron chi connectivity index (χ0n) is 16.9. The summed E-state index contributed by atoms with van der Waals surface area (Å²) < 4.78 is 27.9. The minimum Gasteiger partial charge on any atom is -0.326 e. The third-order valence-corrected chi connectivity index (χ3v) is 7.38. The Kier molecular flexibility index (Phi) is 7.45. The largest absolute Gasteiger partial charge is 0.326 e. The molecule has 0 radical (unpaired) electrons. The van der Waals surface area contributed by atoms with Crippen molar-refractivity contribution < 1.29 is 13.2 Å².